The molecule has 188 valence electrons. The van der Waals surface area contributed by atoms with Crippen LogP contribution in [0.15, 0.2) is 97.1 Å². The summed E-state index contributed by atoms with van der Waals surface area (Å²) in [6.45, 7) is 2.28. The van der Waals surface area contributed by atoms with Gasteiger partial charge in [0.2, 0.25) is 0 Å². The van der Waals surface area contributed by atoms with E-state index in [1.54, 1.807) is 54.6 Å². The quantitative estimate of drug-likeness (QED) is 0.284. The molecule has 1 atom stereocenters. The maximum Gasteiger partial charge on any atom is 0.408 e. The van der Waals surface area contributed by atoms with Gasteiger partial charge in [-0.15, -0.1) is 0 Å². The first-order valence-corrected chi connectivity index (χ1v) is 11.9. The van der Waals surface area contributed by atoms with E-state index in [1.807, 2.05) is 43.3 Å². The van der Waals surface area contributed by atoms with Crippen molar-refractivity contribution >= 4 is 17.7 Å². The second-order valence-electron chi connectivity index (χ2n) is 8.64. The van der Waals surface area contributed by atoms with Crippen LogP contribution in [-0.2, 0) is 22.7 Å². The molecule has 0 fully saturated rings. The zero-order valence-corrected chi connectivity index (χ0v) is 20.4. The molecule has 4 aromatic carbocycles. The van der Waals surface area contributed by atoms with Crippen LogP contribution >= 0.6 is 0 Å². The molecule has 0 heterocycles. The van der Waals surface area contributed by atoms with Gasteiger partial charge in [-0.3, -0.25) is 4.79 Å². The molecule has 7 heteroatoms. The predicted molar refractivity (Wildman–Crippen MR) is 142 cm³/mol. The third-order valence-corrected chi connectivity index (χ3v) is 5.84. The number of hydrogen-bond donors (Lipinski definition) is 3. The Morgan fingerprint density at radius 3 is 2.35 bits per heavy atom. The fourth-order valence-electron chi connectivity index (χ4n) is 3.89. The maximum absolute atomic E-state index is 14.4. The number of hydrogen-bond acceptors (Lipinski definition) is 4. The first kappa shape index (κ1) is 25.6. The summed E-state index contributed by atoms with van der Waals surface area (Å²) in [6, 6.07) is 27.1. The van der Waals surface area contributed by atoms with Crippen molar-refractivity contribution in [3.05, 3.63) is 125 Å². The minimum Gasteiger partial charge on any atom is -0.445 e. The molecular weight excluding hydrogens is 469 g/mol. The first-order chi connectivity index (χ1) is 17.9. The van der Waals surface area contributed by atoms with E-state index in [-0.39, 0.29) is 12.4 Å². The number of carbonyl (C=O) groups excluding carboxylic acids is 2. The molecule has 4 rings (SSSR count). The molecule has 0 saturated carbocycles. The number of nitrogens with one attached hydrogen (secondary N) is 2. The summed E-state index contributed by atoms with van der Waals surface area (Å²) >= 11 is 0. The van der Waals surface area contributed by atoms with Crippen LogP contribution in [0.1, 0.15) is 28.3 Å². The van der Waals surface area contributed by atoms with Crippen LogP contribution < -0.4 is 16.4 Å². The molecule has 0 spiro atoms. The van der Waals surface area contributed by atoms with Gasteiger partial charge in [-0.1, -0.05) is 78.4 Å². The van der Waals surface area contributed by atoms with E-state index < -0.39 is 18.0 Å². The summed E-state index contributed by atoms with van der Waals surface area (Å²) < 4.78 is 19.7. The number of benzene rings is 4. The van der Waals surface area contributed by atoms with Crippen molar-refractivity contribution in [2.75, 3.05) is 5.32 Å². The summed E-state index contributed by atoms with van der Waals surface area (Å²) in [5, 5.41) is 5.49. The zero-order chi connectivity index (χ0) is 26.2. The number of nitrogens with two attached hydrogens (primary N) is 1. The molecule has 2 amide bonds. The van der Waals surface area contributed by atoms with Crippen LogP contribution in [0.2, 0.25) is 0 Å². The molecule has 6 nitrogen and oxygen atoms in total. The molecule has 37 heavy (non-hydrogen) atoms. The monoisotopic (exact) mass is 497 g/mol. The SMILES string of the molecule is Cc1ccc(F)c(-c2ccc([C@@H](NC(=O)OCc3ccccc3)C(=O)Nc3cccc(CN)c3)cc2)c1. The van der Waals surface area contributed by atoms with Crippen molar-refractivity contribution in [1.29, 1.82) is 0 Å². The number of alkyl carbamates (subject to hydrolysis) is 1. The van der Waals surface area contributed by atoms with Gasteiger partial charge in [0, 0.05) is 17.8 Å². The third-order valence-electron chi connectivity index (χ3n) is 5.84. The fraction of sp³-hybridized carbons (Fsp3) is 0.133. The molecule has 0 aliphatic heterocycles. The van der Waals surface area contributed by atoms with Gasteiger partial charge >= 0.3 is 6.09 Å². The summed E-state index contributed by atoms with van der Waals surface area (Å²) in [4.78, 5) is 26.0. The molecule has 4 aromatic rings. The van der Waals surface area contributed by atoms with Crippen LogP contribution in [0.5, 0.6) is 0 Å². The number of ether oxygens (including phenoxy) is 1. The Kier molecular flexibility index (Phi) is 8.28. The highest BCUT2D eigenvalue weighted by molar-refractivity contribution is 5.97. The van der Waals surface area contributed by atoms with Crippen LogP contribution in [0.25, 0.3) is 11.1 Å². The van der Waals surface area contributed by atoms with Gasteiger partial charge in [-0.2, -0.15) is 0 Å². The van der Waals surface area contributed by atoms with Crippen molar-refractivity contribution in [2.45, 2.75) is 26.1 Å². The van der Waals surface area contributed by atoms with Crippen molar-refractivity contribution < 1.29 is 18.7 Å². The Morgan fingerprint density at radius 1 is 0.892 bits per heavy atom. The minimum absolute atomic E-state index is 0.0606. The van der Waals surface area contributed by atoms with Gasteiger partial charge < -0.3 is 21.1 Å². The average molecular weight is 498 g/mol. The summed E-state index contributed by atoms with van der Waals surface area (Å²) in [5.41, 5.74) is 10.5. The highest BCUT2D eigenvalue weighted by Gasteiger charge is 2.24. The highest BCUT2D eigenvalue weighted by atomic mass is 19.1. The Morgan fingerprint density at radius 2 is 1.62 bits per heavy atom. The Bertz CT molecular complexity index is 1370. The minimum atomic E-state index is -1.05. The van der Waals surface area contributed by atoms with Crippen LogP contribution in [0, 0.1) is 12.7 Å². The van der Waals surface area contributed by atoms with Crippen LogP contribution in [-0.4, -0.2) is 12.0 Å². The van der Waals surface area contributed by atoms with Gasteiger partial charge in [0.15, 0.2) is 0 Å². The number of amides is 2. The molecule has 0 aliphatic carbocycles. The van der Waals surface area contributed by atoms with E-state index in [1.165, 1.54) is 6.07 Å². The van der Waals surface area contributed by atoms with E-state index in [0.29, 0.717) is 28.9 Å². The highest BCUT2D eigenvalue weighted by Crippen LogP contribution is 2.26. The molecular formula is C30H28FN3O3. The van der Waals surface area contributed by atoms with Gasteiger partial charge in [-0.05, 0) is 53.4 Å². The Balaban J connectivity index is 1.56. The average Bonchev–Trinajstić information content (AvgIpc) is 2.92. The molecule has 0 unspecified atom stereocenters. The number of anilines is 1. The van der Waals surface area contributed by atoms with E-state index in [0.717, 1.165) is 16.7 Å². The lowest BCUT2D eigenvalue weighted by Crippen LogP contribution is -2.37. The smallest absolute Gasteiger partial charge is 0.408 e. The zero-order valence-electron chi connectivity index (χ0n) is 20.4. The summed E-state index contributed by atoms with van der Waals surface area (Å²) in [5.74, 6) is -0.796. The van der Waals surface area contributed by atoms with E-state index in [2.05, 4.69) is 10.6 Å². The van der Waals surface area contributed by atoms with Crippen molar-refractivity contribution in [3.63, 3.8) is 0 Å². The van der Waals surface area contributed by atoms with Gasteiger partial charge in [-0.25, -0.2) is 9.18 Å². The lowest BCUT2D eigenvalue weighted by Gasteiger charge is -2.19. The molecule has 4 N–H and O–H groups in total. The number of carbonyl (C=O) groups is 2. The second kappa shape index (κ2) is 12.0. The third kappa shape index (κ3) is 6.80. The lowest BCUT2D eigenvalue weighted by molar-refractivity contribution is -0.118. The van der Waals surface area contributed by atoms with Crippen molar-refractivity contribution in [3.8, 4) is 11.1 Å². The Labute approximate surface area is 215 Å². The normalized spacial score (nSPS) is 11.4. The molecule has 0 saturated heterocycles. The molecule has 0 aromatic heterocycles. The summed E-state index contributed by atoms with van der Waals surface area (Å²) in [6.07, 6.45) is -0.742. The number of halogens is 1. The Hall–Kier alpha value is -4.49. The molecule has 0 bridgehead atoms. The fourth-order valence-corrected chi connectivity index (χ4v) is 3.89. The van der Waals surface area contributed by atoms with E-state index >= 15 is 0 Å². The van der Waals surface area contributed by atoms with Gasteiger partial charge in [0.1, 0.15) is 18.5 Å². The van der Waals surface area contributed by atoms with Gasteiger partial charge in [0.25, 0.3) is 5.91 Å². The standard InChI is InChI=1S/C30H28FN3O3/c1-20-10-15-27(31)26(16-20)23-11-13-24(14-12-23)28(29(35)33-25-9-5-8-22(17-25)18-32)34-30(36)37-19-21-6-3-2-4-7-21/h2-17,28H,18-19,32H2,1H3,(H,33,35)(H,34,36)/t28-/m1/s1. The molecule has 0 aliphatic rings. The van der Waals surface area contributed by atoms with Crippen LogP contribution in [0.4, 0.5) is 14.9 Å². The van der Waals surface area contributed by atoms with Crippen LogP contribution in [0.3, 0.4) is 0 Å². The van der Waals surface area contributed by atoms with E-state index in [9.17, 15) is 14.0 Å². The number of rotatable bonds is 8. The summed E-state index contributed by atoms with van der Waals surface area (Å²) in [7, 11) is 0. The van der Waals surface area contributed by atoms with Gasteiger partial charge in [0.05, 0.1) is 0 Å². The van der Waals surface area contributed by atoms with Crippen molar-refractivity contribution in [2.24, 2.45) is 5.73 Å². The van der Waals surface area contributed by atoms with E-state index in [4.69, 9.17) is 10.5 Å². The molecule has 0 radical (unpaired) electrons. The topological polar surface area (TPSA) is 93.4 Å². The second-order valence-corrected chi connectivity index (χ2v) is 8.64. The maximum atomic E-state index is 14.4. The predicted octanol–water partition coefficient (Wildman–Crippen LogP) is 5.87. The lowest BCUT2D eigenvalue weighted by atomic mass is 9.99. The first-order valence-electron chi connectivity index (χ1n) is 11.9. The largest absolute Gasteiger partial charge is 0.445 e. The number of aryl methyl sites for hydroxylation is 1. The van der Waals surface area contributed by atoms with Crippen molar-refractivity contribution in [1.82, 2.24) is 5.32 Å².